The quantitative estimate of drug-likeness (QED) is 0.809. The van der Waals surface area contributed by atoms with Gasteiger partial charge in [0.15, 0.2) is 0 Å². The third-order valence-corrected chi connectivity index (χ3v) is 3.88. The van der Waals surface area contributed by atoms with Crippen molar-refractivity contribution in [1.29, 1.82) is 0 Å². The number of hydrogen-bond donors (Lipinski definition) is 1. The van der Waals surface area contributed by atoms with E-state index in [2.05, 4.69) is 49.5 Å². The topological polar surface area (TPSA) is 12.0 Å². The molecule has 1 heteroatoms. The van der Waals surface area contributed by atoms with Crippen molar-refractivity contribution >= 4 is 0 Å². The summed E-state index contributed by atoms with van der Waals surface area (Å²) in [5, 5.41) is 3.78. The first kappa shape index (κ1) is 11.7. The van der Waals surface area contributed by atoms with Crippen molar-refractivity contribution in [2.75, 3.05) is 0 Å². The van der Waals surface area contributed by atoms with Gasteiger partial charge in [-0.25, -0.2) is 0 Å². The largest absolute Gasteiger partial charge is 0.307 e. The molecule has 1 nitrogen and oxygen atoms in total. The highest BCUT2D eigenvalue weighted by atomic mass is 15.0. The molecule has 16 heavy (non-hydrogen) atoms. The molecule has 0 saturated heterocycles. The summed E-state index contributed by atoms with van der Waals surface area (Å²) in [4.78, 5) is 0. The summed E-state index contributed by atoms with van der Waals surface area (Å²) in [6.07, 6.45) is 5.54. The van der Waals surface area contributed by atoms with E-state index in [1.165, 1.54) is 31.2 Å². The van der Waals surface area contributed by atoms with Crippen LogP contribution in [0.1, 0.15) is 51.1 Å². The average molecular weight is 217 g/mol. The zero-order valence-corrected chi connectivity index (χ0v) is 10.4. The molecule has 2 unspecified atom stereocenters. The molecule has 0 spiro atoms. The minimum atomic E-state index is 0.478. The minimum Gasteiger partial charge on any atom is -0.307 e. The van der Waals surface area contributed by atoms with Crippen LogP contribution < -0.4 is 5.32 Å². The van der Waals surface area contributed by atoms with E-state index in [9.17, 15) is 0 Å². The van der Waals surface area contributed by atoms with E-state index in [1.54, 1.807) is 0 Å². The first-order chi connectivity index (χ1) is 7.77. The molecule has 0 radical (unpaired) electrons. The first-order valence-corrected chi connectivity index (χ1v) is 6.58. The van der Waals surface area contributed by atoms with E-state index in [1.807, 2.05) is 0 Å². The van der Waals surface area contributed by atoms with Crippen LogP contribution in [-0.2, 0) is 0 Å². The molecule has 0 aliphatic heterocycles. The predicted molar refractivity (Wildman–Crippen MR) is 69.4 cm³/mol. The second kappa shape index (κ2) is 5.49. The minimum absolute atomic E-state index is 0.478. The highest BCUT2D eigenvalue weighted by Gasteiger charge is 2.22. The Bertz CT molecular complexity index is 306. The smallest absolute Gasteiger partial charge is 0.0294 e. The fourth-order valence-electron chi connectivity index (χ4n) is 2.72. The summed E-state index contributed by atoms with van der Waals surface area (Å²) in [6, 6.07) is 11.9. The number of nitrogens with one attached hydrogen (secondary N) is 1. The third kappa shape index (κ3) is 2.85. The Morgan fingerprint density at radius 1 is 1.12 bits per heavy atom. The van der Waals surface area contributed by atoms with Crippen LogP contribution in [0.5, 0.6) is 0 Å². The number of hydrogen-bond acceptors (Lipinski definition) is 1. The molecule has 0 amide bonds. The molecular weight excluding hydrogens is 194 g/mol. The Kier molecular flexibility index (Phi) is 4.00. The predicted octanol–water partition coefficient (Wildman–Crippen LogP) is 3.92. The molecule has 88 valence electrons. The van der Waals surface area contributed by atoms with Gasteiger partial charge in [-0.2, -0.15) is 0 Å². The summed E-state index contributed by atoms with van der Waals surface area (Å²) in [5.74, 6) is 0.833. The van der Waals surface area contributed by atoms with Crippen molar-refractivity contribution < 1.29 is 0 Å². The maximum absolute atomic E-state index is 3.78. The van der Waals surface area contributed by atoms with Gasteiger partial charge in [0.1, 0.15) is 0 Å². The molecule has 0 heterocycles. The van der Waals surface area contributed by atoms with Crippen molar-refractivity contribution in [2.45, 2.75) is 51.6 Å². The monoisotopic (exact) mass is 217 g/mol. The van der Waals surface area contributed by atoms with Gasteiger partial charge in [0, 0.05) is 12.1 Å². The van der Waals surface area contributed by atoms with Gasteiger partial charge in [0.2, 0.25) is 0 Å². The lowest BCUT2D eigenvalue weighted by Gasteiger charge is -2.32. The van der Waals surface area contributed by atoms with E-state index in [-0.39, 0.29) is 0 Å². The fourth-order valence-corrected chi connectivity index (χ4v) is 2.72. The molecule has 0 aromatic heterocycles. The second-order valence-corrected chi connectivity index (χ2v) is 5.17. The molecule has 1 aromatic carbocycles. The summed E-state index contributed by atoms with van der Waals surface area (Å²) in [5.41, 5.74) is 1.40. The van der Waals surface area contributed by atoms with Crippen LogP contribution in [-0.4, -0.2) is 6.04 Å². The van der Waals surface area contributed by atoms with Gasteiger partial charge >= 0.3 is 0 Å². The number of benzene rings is 1. The van der Waals surface area contributed by atoms with Crippen LogP contribution >= 0.6 is 0 Å². The van der Waals surface area contributed by atoms with Crippen molar-refractivity contribution in [1.82, 2.24) is 5.32 Å². The summed E-state index contributed by atoms with van der Waals surface area (Å²) >= 11 is 0. The van der Waals surface area contributed by atoms with Crippen LogP contribution in [0.25, 0.3) is 0 Å². The molecular formula is C15H23N. The molecule has 2 rings (SSSR count). The van der Waals surface area contributed by atoms with Crippen LogP contribution in [0.3, 0.4) is 0 Å². The van der Waals surface area contributed by atoms with Crippen molar-refractivity contribution in [3.8, 4) is 0 Å². The zero-order valence-electron chi connectivity index (χ0n) is 10.4. The van der Waals surface area contributed by atoms with Crippen LogP contribution in [0.2, 0.25) is 0 Å². The lowest BCUT2D eigenvalue weighted by Crippen LogP contribution is -2.38. The molecule has 1 fully saturated rings. The first-order valence-electron chi connectivity index (χ1n) is 6.58. The van der Waals surface area contributed by atoms with E-state index in [4.69, 9.17) is 0 Å². The Balaban J connectivity index is 1.94. The van der Waals surface area contributed by atoms with E-state index >= 15 is 0 Å². The van der Waals surface area contributed by atoms with Crippen molar-refractivity contribution in [2.24, 2.45) is 5.92 Å². The third-order valence-electron chi connectivity index (χ3n) is 3.88. The molecule has 1 N–H and O–H groups in total. The average Bonchev–Trinajstić information content (AvgIpc) is 2.33. The summed E-state index contributed by atoms with van der Waals surface area (Å²) in [6.45, 7) is 4.66. The Labute approximate surface area is 99.3 Å². The Morgan fingerprint density at radius 2 is 1.81 bits per heavy atom. The van der Waals surface area contributed by atoms with Crippen LogP contribution in [0.4, 0.5) is 0 Å². The van der Waals surface area contributed by atoms with E-state index in [0.717, 1.165) is 5.92 Å². The van der Waals surface area contributed by atoms with E-state index in [0.29, 0.717) is 12.1 Å². The molecule has 3 atom stereocenters. The van der Waals surface area contributed by atoms with E-state index < -0.39 is 0 Å². The van der Waals surface area contributed by atoms with Crippen LogP contribution in [0, 0.1) is 5.92 Å². The molecule has 1 aromatic rings. The van der Waals surface area contributed by atoms with Crippen molar-refractivity contribution in [3.05, 3.63) is 35.9 Å². The van der Waals surface area contributed by atoms with Crippen molar-refractivity contribution in [3.63, 3.8) is 0 Å². The van der Waals surface area contributed by atoms with Gasteiger partial charge in [-0.1, -0.05) is 50.1 Å². The summed E-state index contributed by atoms with van der Waals surface area (Å²) < 4.78 is 0. The molecule has 0 bridgehead atoms. The lowest BCUT2D eigenvalue weighted by atomic mass is 9.85. The van der Waals surface area contributed by atoms with Gasteiger partial charge in [0.25, 0.3) is 0 Å². The molecule has 1 aliphatic rings. The normalized spacial score (nSPS) is 27.6. The second-order valence-electron chi connectivity index (χ2n) is 5.17. The highest BCUT2D eigenvalue weighted by Crippen LogP contribution is 2.26. The van der Waals surface area contributed by atoms with Gasteiger partial charge in [-0.3, -0.25) is 0 Å². The zero-order chi connectivity index (χ0) is 11.4. The standard InChI is InChI=1S/C15H23N/c1-12-8-6-7-11-15(12)16-13(2)14-9-4-3-5-10-14/h3-5,9-10,12-13,15-16H,6-8,11H2,1-2H3/t12?,13-,15?/m1/s1. The fraction of sp³-hybridized carbons (Fsp3) is 0.600. The lowest BCUT2D eigenvalue weighted by molar-refractivity contribution is 0.263. The number of rotatable bonds is 3. The Morgan fingerprint density at radius 3 is 2.50 bits per heavy atom. The maximum atomic E-state index is 3.78. The van der Waals surface area contributed by atoms with Gasteiger partial charge < -0.3 is 5.32 Å². The van der Waals surface area contributed by atoms with Gasteiger partial charge in [-0.15, -0.1) is 0 Å². The SMILES string of the molecule is CC1CCCCC1N[C@H](C)c1ccccc1. The summed E-state index contributed by atoms with van der Waals surface area (Å²) in [7, 11) is 0. The Hall–Kier alpha value is -0.820. The molecule has 1 saturated carbocycles. The van der Waals surface area contributed by atoms with Gasteiger partial charge in [-0.05, 0) is 31.2 Å². The van der Waals surface area contributed by atoms with Crippen LogP contribution in [0.15, 0.2) is 30.3 Å². The highest BCUT2D eigenvalue weighted by molar-refractivity contribution is 5.18. The molecule has 1 aliphatic carbocycles. The van der Waals surface area contributed by atoms with Gasteiger partial charge in [0.05, 0.1) is 0 Å². The maximum Gasteiger partial charge on any atom is 0.0294 e.